The van der Waals surface area contributed by atoms with Gasteiger partial charge in [0.05, 0.1) is 6.54 Å². The van der Waals surface area contributed by atoms with Gasteiger partial charge in [-0.25, -0.2) is 18.4 Å². The summed E-state index contributed by atoms with van der Waals surface area (Å²) >= 11 is 0. The zero-order chi connectivity index (χ0) is 19.2. The van der Waals surface area contributed by atoms with Crippen LogP contribution in [0, 0.1) is 0 Å². The summed E-state index contributed by atoms with van der Waals surface area (Å²) in [5.41, 5.74) is 0.792. The van der Waals surface area contributed by atoms with Crippen LogP contribution in [0.5, 0.6) is 0 Å². The number of rotatable bonds is 6. The third-order valence-electron chi connectivity index (χ3n) is 4.22. The Balaban J connectivity index is 1.79. The molecule has 2 unspecified atom stereocenters. The molecule has 1 heterocycles. The normalized spacial score (nSPS) is 20.8. The second-order valence-electron chi connectivity index (χ2n) is 6.27. The second kappa shape index (κ2) is 8.93. The lowest BCUT2D eigenvalue weighted by Crippen LogP contribution is -2.54. The predicted molar refractivity (Wildman–Crippen MR) is 90.8 cm³/mol. The zero-order valence-electron chi connectivity index (χ0n) is 14.9. The van der Waals surface area contributed by atoms with Crippen LogP contribution in [0.4, 0.5) is 13.6 Å². The van der Waals surface area contributed by atoms with Crippen molar-refractivity contribution in [1.82, 2.24) is 10.2 Å². The summed E-state index contributed by atoms with van der Waals surface area (Å²) in [7, 11) is 0. The number of ether oxygens (including phenoxy) is 2. The minimum Gasteiger partial charge on any atom is -0.454 e. The van der Waals surface area contributed by atoms with Crippen LogP contribution in [0.1, 0.15) is 25.8 Å². The lowest BCUT2D eigenvalue weighted by atomic mass is 10.0. The van der Waals surface area contributed by atoms with Gasteiger partial charge in [-0.3, -0.25) is 4.90 Å². The Kier molecular flexibility index (Phi) is 6.90. The number of amides is 1. The molecule has 26 heavy (non-hydrogen) atoms. The summed E-state index contributed by atoms with van der Waals surface area (Å²) < 4.78 is 38.1. The number of alkyl halides is 2. The Labute approximate surface area is 151 Å². The number of likely N-dealkylation sites (tertiary alicyclic amines) is 1. The van der Waals surface area contributed by atoms with Crippen LogP contribution in [-0.2, 0) is 20.9 Å². The summed E-state index contributed by atoms with van der Waals surface area (Å²) in [6, 6.07) is 7.94. The lowest BCUT2D eigenvalue weighted by Gasteiger charge is -2.37. The maximum Gasteiger partial charge on any atom is 0.408 e. The lowest BCUT2D eigenvalue weighted by molar-refractivity contribution is -0.190. The minimum absolute atomic E-state index is 0.0436. The van der Waals surface area contributed by atoms with E-state index in [0.29, 0.717) is 13.1 Å². The summed E-state index contributed by atoms with van der Waals surface area (Å²) in [4.78, 5) is 25.4. The molecule has 1 amide bonds. The predicted octanol–water partition coefficient (Wildman–Crippen LogP) is 2.57. The van der Waals surface area contributed by atoms with Crippen molar-refractivity contribution in [2.45, 2.75) is 44.9 Å². The van der Waals surface area contributed by atoms with Crippen molar-refractivity contribution in [3.05, 3.63) is 35.9 Å². The van der Waals surface area contributed by atoms with Gasteiger partial charge in [-0.05, 0) is 19.0 Å². The average molecular weight is 370 g/mol. The van der Waals surface area contributed by atoms with Crippen LogP contribution in [-0.4, -0.2) is 54.7 Å². The number of nitrogens with one attached hydrogen (secondary N) is 1. The van der Waals surface area contributed by atoms with E-state index in [0.717, 1.165) is 5.56 Å². The van der Waals surface area contributed by atoms with Gasteiger partial charge in [0, 0.05) is 13.0 Å². The monoisotopic (exact) mass is 370 g/mol. The van der Waals surface area contributed by atoms with Gasteiger partial charge in [-0.2, -0.15) is 0 Å². The van der Waals surface area contributed by atoms with Crippen LogP contribution in [0.25, 0.3) is 0 Å². The fraction of sp³-hybridized carbons (Fsp3) is 0.556. The Morgan fingerprint density at radius 2 is 2.04 bits per heavy atom. The fourth-order valence-electron chi connectivity index (χ4n) is 2.65. The van der Waals surface area contributed by atoms with Gasteiger partial charge in [0.25, 0.3) is 5.92 Å². The van der Waals surface area contributed by atoms with Gasteiger partial charge in [-0.15, -0.1) is 0 Å². The number of piperidine rings is 1. The van der Waals surface area contributed by atoms with Gasteiger partial charge < -0.3 is 14.8 Å². The molecule has 0 aliphatic carbocycles. The second-order valence-corrected chi connectivity index (χ2v) is 6.27. The SMILES string of the molecule is CCN1CCC(OC(=O)C(C)NC(=O)OCc2ccccc2)C(F)(F)C1. The van der Waals surface area contributed by atoms with E-state index in [4.69, 9.17) is 9.47 Å². The largest absolute Gasteiger partial charge is 0.454 e. The molecule has 1 saturated heterocycles. The highest BCUT2D eigenvalue weighted by Gasteiger charge is 2.47. The molecule has 0 aromatic heterocycles. The van der Waals surface area contributed by atoms with Gasteiger partial charge in [0.15, 0.2) is 6.10 Å². The Morgan fingerprint density at radius 3 is 2.65 bits per heavy atom. The number of esters is 1. The molecule has 144 valence electrons. The van der Waals surface area contributed by atoms with Crippen molar-refractivity contribution >= 4 is 12.1 Å². The third-order valence-corrected chi connectivity index (χ3v) is 4.22. The van der Waals surface area contributed by atoms with Crippen molar-refractivity contribution in [3.8, 4) is 0 Å². The molecular formula is C18H24F2N2O4. The number of hydrogen-bond acceptors (Lipinski definition) is 5. The Hall–Kier alpha value is -2.22. The summed E-state index contributed by atoms with van der Waals surface area (Å²) in [6.07, 6.45) is -2.24. The third kappa shape index (κ3) is 5.66. The molecule has 0 saturated carbocycles. The molecule has 1 fully saturated rings. The molecule has 1 aliphatic heterocycles. The molecule has 2 rings (SSSR count). The van der Waals surface area contributed by atoms with E-state index in [-0.39, 0.29) is 13.0 Å². The Bertz CT molecular complexity index is 612. The van der Waals surface area contributed by atoms with Crippen LogP contribution in [0.2, 0.25) is 0 Å². The molecular weight excluding hydrogens is 346 g/mol. The van der Waals surface area contributed by atoms with Gasteiger partial charge in [-0.1, -0.05) is 37.3 Å². The number of hydrogen-bond donors (Lipinski definition) is 1. The summed E-state index contributed by atoms with van der Waals surface area (Å²) in [5.74, 6) is -4.02. The van der Waals surface area contributed by atoms with E-state index >= 15 is 0 Å². The molecule has 1 aromatic carbocycles. The van der Waals surface area contributed by atoms with Crippen molar-refractivity contribution in [1.29, 1.82) is 0 Å². The maximum absolute atomic E-state index is 14.1. The van der Waals surface area contributed by atoms with Gasteiger partial charge in [0.1, 0.15) is 12.6 Å². The highest BCUT2D eigenvalue weighted by molar-refractivity contribution is 5.81. The molecule has 1 aliphatic rings. The van der Waals surface area contributed by atoms with Crippen LogP contribution in [0.3, 0.4) is 0 Å². The zero-order valence-corrected chi connectivity index (χ0v) is 14.9. The van der Waals surface area contributed by atoms with E-state index in [2.05, 4.69) is 5.32 Å². The van der Waals surface area contributed by atoms with E-state index in [1.165, 1.54) is 6.92 Å². The molecule has 0 radical (unpaired) electrons. The number of halogens is 2. The quantitative estimate of drug-likeness (QED) is 0.780. The number of carbonyl (C=O) groups excluding carboxylic acids is 2. The van der Waals surface area contributed by atoms with Crippen LogP contribution in [0.15, 0.2) is 30.3 Å². The van der Waals surface area contributed by atoms with Crippen molar-refractivity contribution < 1.29 is 27.8 Å². The van der Waals surface area contributed by atoms with Crippen molar-refractivity contribution in [3.63, 3.8) is 0 Å². The van der Waals surface area contributed by atoms with E-state index in [1.807, 2.05) is 6.07 Å². The van der Waals surface area contributed by atoms with Gasteiger partial charge in [0.2, 0.25) is 0 Å². The highest BCUT2D eigenvalue weighted by Crippen LogP contribution is 2.29. The molecule has 0 bridgehead atoms. The first-order valence-electron chi connectivity index (χ1n) is 8.59. The smallest absolute Gasteiger partial charge is 0.408 e. The van der Waals surface area contributed by atoms with E-state index in [9.17, 15) is 18.4 Å². The number of carbonyl (C=O) groups is 2. The van der Waals surface area contributed by atoms with Crippen molar-refractivity contribution in [2.75, 3.05) is 19.6 Å². The van der Waals surface area contributed by atoms with Crippen LogP contribution < -0.4 is 5.32 Å². The molecule has 2 atom stereocenters. The molecule has 6 nitrogen and oxygen atoms in total. The fourth-order valence-corrected chi connectivity index (χ4v) is 2.65. The number of alkyl carbamates (subject to hydrolysis) is 1. The van der Waals surface area contributed by atoms with E-state index < -0.39 is 36.7 Å². The Morgan fingerprint density at radius 1 is 1.35 bits per heavy atom. The summed E-state index contributed by atoms with van der Waals surface area (Å²) in [6.45, 7) is 3.72. The standard InChI is InChI=1S/C18H24F2N2O4/c1-3-22-10-9-15(18(19,20)12-22)26-16(23)13(2)21-17(24)25-11-14-7-5-4-6-8-14/h4-8,13,15H,3,9-12H2,1-2H3,(H,21,24). The average Bonchev–Trinajstić information content (AvgIpc) is 2.62. The highest BCUT2D eigenvalue weighted by atomic mass is 19.3. The molecule has 1 aromatic rings. The van der Waals surface area contributed by atoms with E-state index in [1.54, 1.807) is 36.1 Å². The number of nitrogens with zero attached hydrogens (tertiary/aromatic N) is 1. The molecule has 0 spiro atoms. The topological polar surface area (TPSA) is 67.9 Å². The maximum atomic E-state index is 14.1. The van der Waals surface area contributed by atoms with Gasteiger partial charge >= 0.3 is 12.1 Å². The first-order chi connectivity index (χ1) is 12.3. The molecule has 1 N–H and O–H groups in total. The summed E-state index contributed by atoms with van der Waals surface area (Å²) in [5, 5.41) is 2.30. The first-order valence-corrected chi connectivity index (χ1v) is 8.59. The molecule has 8 heteroatoms. The first kappa shape index (κ1) is 20.1. The number of benzene rings is 1. The van der Waals surface area contributed by atoms with Crippen LogP contribution >= 0.6 is 0 Å². The van der Waals surface area contributed by atoms with Crippen molar-refractivity contribution in [2.24, 2.45) is 0 Å². The minimum atomic E-state index is -3.11.